The Morgan fingerprint density at radius 3 is 2.58 bits per heavy atom. The summed E-state index contributed by atoms with van der Waals surface area (Å²) in [6, 6.07) is 17.1. The molecule has 0 saturated carbocycles. The van der Waals surface area contributed by atoms with Crippen molar-refractivity contribution >= 4 is 63.0 Å². The van der Waals surface area contributed by atoms with Crippen LogP contribution in [0.4, 0.5) is 17.1 Å². The van der Waals surface area contributed by atoms with Gasteiger partial charge in [0, 0.05) is 42.4 Å². The van der Waals surface area contributed by atoms with Gasteiger partial charge in [-0.05, 0) is 73.4 Å². The fraction of sp³-hybridized carbons (Fsp3) is 0.222. The molecular formula is C27H24ClN5O4S. The Bertz CT molecular complexity index is 1520. The van der Waals surface area contributed by atoms with Gasteiger partial charge in [-0.2, -0.15) is 0 Å². The van der Waals surface area contributed by atoms with Crippen molar-refractivity contribution in [2.45, 2.75) is 25.7 Å². The number of fused-ring (bicyclic) bond motifs is 1. The van der Waals surface area contributed by atoms with Crippen LogP contribution in [0.1, 0.15) is 41.1 Å². The Labute approximate surface area is 228 Å². The zero-order valence-electron chi connectivity index (χ0n) is 20.3. The number of piperidine rings is 1. The summed E-state index contributed by atoms with van der Waals surface area (Å²) in [5, 5.41) is 17.7. The highest BCUT2D eigenvalue weighted by molar-refractivity contribution is 7.80. The van der Waals surface area contributed by atoms with Gasteiger partial charge in [-0.25, -0.2) is 4.98 Å². The molecule has 1 fully saturated rings. The van der Waals surface area contributed by atoms with Gasteiger partial charge in [0.2, 0.25) is 0 Å². The standard InChI is InChI=1S/C27H24ClN5O4S/c28-18-6-4-17(5-7-18)14-25-30-22-15-19(8-11-24(22)37-25)29-27(38)31-26(34)21-16-20(33(35)36)9-10-23(21)32-12-2-1-3-13-32/h4-11,15-16H,1-3,12-14H2,(H2,29,31,34,38). The minimum atomic E-state index is -0.514. The minimum Gasteiger partial charge on any atom is -0.440 e. The number of nitrogens with zero attached hydrogens (tertiary/aromatic N) is 3. The van der Waals surface area contributed by atoms with Crippen LogP contribution in [-0.2, 0) is 6.42 Å². The van der Waals surface area contributed by atoms with Crippen molar-refractivity contribution in [3.05, 3.63) is 92.8 Å². The molecule has 4 aromatic rings. The first-order chi connectivity index (χ1) is 18.4. The van der Waals surface area contributed by atoms with Crippen LogP contribution in [0.5, 0.6) is 0 Å². The van der Waals surface area contributed by atoms with Gasteiger partial charge in [0.25, 0.3) is 11.6 Å². The molecule has 1 aliphatic rings. The van der Waals surface area contributed by atoms with Gasteiger partial charge in [0.05, 0.1) is 16.2 Å². The number of carbonyl (C=O) groups is 1. The number of amides is 1. The van der Waals surface area contributed by atoms with Crippen molar-refractivity contribution < 1.29 is 14.1 Å². The maximum atomic E-state index is 13.2. The second-order valence-corrected chi connectivity index (χ2v) is 9.85. The van der Waals surface area contributed by atoms with Crippen LogP contribution in [0.2, 0.25) is 5.02 Å². The van der Waals surface area contributed by atoms with E-state index in [9.17, 15) is 14.9 Å². The lowest BCUT2D eigenvalue weighted by Gasteiger charge is -2.30. The van der Waals surface area contributed by atoms with Gasteiger partial charge in [-0.15, -0.1) is 0 Å². The number of aromatic nitrogens is 1. The lowest BCUT2D eigenvalue weighted by atomic mass is 10.1. The third-order valence-electron chi connectivity index (χ3n) is 6.32. The number of nitrogens with one attached hydrogen (secondary N) is 2. The molecule has 2 N–H and O–H groups in total. The number of carbonyl (C=O) groups excluding carboxylic acids is 1. The third kappa shape index (κ3) is 5.92. The first-order valence-electron chi connectivity index (χ1n) is 12.2. The number of nitro groups is 1. The van der Waals surface area contributed by atoms with Crippen molar-refractivity contribution in [2.24, 2.45) is 0 Å². The van der Waals surface area contributed by atoms with Crippen LogP contribution in [0.15, 0.2) is 65.1 Å². The molecule has 0 bridgehead atoms. The quantitative estimate of drug-likeness (QED) is 0.168. The highest BCUT2D eigenvalue weighted by Gasteiger charge is 2.22. The predicted molar refractivity (Wildman–Crippen MR) is 151 cm³/mol. The highest BCUT2D eigenvalue weighted by Crippen LogP contribution is 2.28. The van der Waals surface area contributed by atoms with E-state index in [1.54, 1.807) is 24.3 Å². The number of non-ortho nitro benzene ring substituents is 1. The van der Waals surface area contributed by atoms with Gasteiger partial charge in [0.1, 0.15) is 5.52 Å². The lowest BCUT2D eigenvalue weighted by Crippen LogP contribution is -2.36. The average molecular weight is 550 g/mol. The molecule has 0 unspecified atom stereocenters. The maximum Gasteiger partial charge on any atom is 0.270 e. The molecule has 5 rings (SSSR count). The summed E-state index contributed by atoms with van der Waals surface area (Å²) in [5.41, 5.74) is 3.62. The Kier molecular flexibility index (Phi) is 7.52. The zero-order chi connectivity index (χ0) is 26.6. The number of rotatable bonds is 6. The van der Waals surface area contributed by atoms with Gasteiger partial charge in [0.15, 0.2) is 16.6 Å². The smallest absolute Gasteiger partial charge is 0.270 e. The van der Waals surface area contributed by atoms with Crippen molar-refractivity contribution in [3.63, 3.8) is 0 Å². The summed E-state index contributed by atoms with van der Waals surface area (Å²) < 4.78 is 5.85. The van der Waals surface area contributed by atoms with E-state index in [0.29, 0.717) is 39.8 Å². The van der Waals surface area contributed by atoms with Crippen LogP contribution >= 0.6 is 23.8 Å². The Morgan fingerprint density at radius 1 is 1.08 bits per heavy atom. The summed E-state index contributed by atoms with van der Waals surface area (Å²) in [5.74, 6) is 0.0470. The summed E-state index contributed by atoms with van der Waals surface area (Å²) in [6.07, 6.45) is 3.65. The molecule has 0 spiro atoms. The van der Waals surface area contributed by atoms with Crippen molar-refractivity contribution in [3.8, 4) is 0 Å². The molecule has 2 heterocycles. The number of halogens is 1. The highest BCUT2D eigenvalue weighted by atomic mass is 35.5. The van der Waals surface area contributed by atoms with Crippen LogP contribution in [0.25, 0.3) is 11.1 Å². The zero-order valence-corrected chi connectivity index (χ0v) is 21.8. The summed E-state index contributed by atoms with van der Waals surface area (Å²) >= 11 is 11.3. The molecule has 194 valence electrons. The van der Waals surface area contributed by atoms with E-state index in [4.69, 9.17) is 28.2 Å². The van der Waals surface area contributed by atoms with E-state index in [1.165, 1.54) is 12.1 Å². The van der Waals surface area contributed by atoms with Crippen molar-refractivity contribution in [1.29, 1.82) is 0 Å². The molecule has 1 amide bonds. The number of hydrogen-bond acceptors (Lipinski definition) is 7. The molecular weight excluding hydrogens is 526 g/mol. The van der Waals surface area contributed by atoms with Crippen LogP contribution in [-0.4, -0.2) is 34.0 Å². The first-order valence-corrected chi connectivity index (χ1v) is 12.9. The topological polar surface area (TPSA) is 114 Å². The fourth-order valence-corrected chi connectivity index (χ4v) is 4.80. The number of benzene rings is 3. The monoisotopic (exact) mass is 549 g/mol. The molecule has 0 atom stereocenters. The summed E-state index contributed by atoms with van der Waals surface area (Å²) in [4.78, 5) is 30.7. The number of thiocarbonyl (C=S) groups is 1. The SMILES string of the molecule is O=C(NC(=S)Nc1ccc2oc(Cc3ccc(Cl)cc3)nc2c1)c1cc([N+](=O)[O-])ccc1N1CCCCC1. The number of oxazole rings is 1. The molecule has 1 aliphatic heterocycles. The Morgan fingerprint density at radius 2 is 1.84 bits per heavy atom. The molecule has 38 heavy (non-hydrogen) atoms. The van der Waals surface area contributed by atoms with Gasteiger partial charge in [-0.3, -0.25) is 20.2 Å². The van der Waals surface area contributed by atoms with E-state index in [0.717, 1.165) is 37.9 Å². The average Bonchev–Trinajstić information content (AvgIpc) is 3.31. The van der Waals surface area contributed by atoms with E-state index in [-0.39, 0.29) is 16.4 Å². The molecule has 1 aromatic heterocycles. The van der Waals surface area contributed by atoms with Gasteiger partial charge < -0.3 is 14.6 Å². The van der Waals surface area contributed by atoms with Crippen LogP contribution in [0, 0.1) is 10.1 Å². The molecule has 1 saturated heterocycles. The second-order valence-electron chi connectivity index (χ2n) is 9.01. The third-order valence-corrected chi connectivity index (χ3v) is 6.77. The van der Waals surface area contributed by atoms with Crippen LogP contribution < -0.4 is 15.5 Å². The number of nitro benzene ring substituents is 1. The maximum absolute atomic E-state index is 13.2. The molecule has 3 aromatic carbocycles. The second kappa shape index (κ2) is 11.2. The first kappa shape index (κ1) is 25.6. The van der Waals surface area contributed by atoms with E-state index in [2.05, 4.69) is 20.5 Å². The van der Waals surface area contributed by atoms with Gasteiger partial charge >= 0.3 is 0 Å². The van der Waals surface area contributed by atoms with Crippen molar-refractivity contribution in [1.82, 2.24) is 10.3 Å². The Balaban J connectivity index is 1.29. The predicted octanol–water partition coefficient (Wildman–Crippen LogP) is 6.10. The number of hydrogen-bond donors (Lipinski definition) is 2. The lowest BCUT2D eigenvalue weighted by molar-refractivity contribution is -0.384. The number of anilines is 2. The van der Waals surface area contributed by atoms with Gasteiger partial charge in [-0.1, -0.05) is 23.7 Å². The molecule has 0 aliphatic carbocycles. The molecule has 0 radical (unpaired) electrons. The normalized spacial score (nSPS) is 13.3. The minimum absolute atomic E-state index is 0.0651. The van der Waals surface area contributed by atoms with E-state index in [1.807, 2.05) is 24.3 Å². The van der Waals surface area contributed by atoms with Crippen molar-refractivity contribution in [2.75, 3.05) is 23.3 Å². The molecule has 9 nitrogen and oxygen atoms in total. The van der Waals surface area contributed by atoms with E-state index >= 15 is 0 Å². The summed E-state index contributed by atoms with van der Waals surface area (Å²) in [6.45, 7) is 1.58. The van der Waals surface area contributed by atoms with Crippen LogP contribution in [0.3, 0.4) is 0 Å². The summed E-state index contributed by atoms with van der Waals surface area (Å²) in [7, 11) is 0. The largest absolute Gasteiger partial charge is 0.440 e. The van der Waals surface area contributed by atoms with E-state index < -0.39 is 10.8 Å². The fourth-order valence-electron chi connectivity index (χ4n) is 4.47. The Hall–Kier alpha value is -4.02. The molecule has 11 heteroatoms.